The molecule has 0 aliphatic carbocycles. The number of aromatic nitrogens is 4. The zero-order chi connectivity index (χ0) is 38.3. The summed E-state index contributed by atoms with van der Waals surface area (Å²) in [5.41, 5.74) is 6.61. The number of H-pyrrole nitrogens is 2. The van der Waals surface area contributed by atoms with Crippen LogP contribution in [0.3, 0.4) is 0 Å². The molecule has 3 atom stereocenters. The lowest BCUT2D eigenvalue weighted by molar-refractivity contribution is -0.135. The van der Waals surface area contributed by atoms with Gasteiger partial charge in [0.1, 0.15) is 29.4 Å². The number of carbonyl (C=O) groups is 4. The summed E-state index contributed by atoms with van der Waals surface area (Å²) in [5, 5.41) is 9.55. The fourth-order valence-electron chi connectivity index (χ4n) is 7.03. The Labute approximate surface area is 319 Å². The lowest BCUT2D eigenvalue weighted by Crippen LogP contribution is -2.51. The van der Waals surface area contributed by atoms with E-state index in [0.717, 1.165) is 55.7 Å². The van der Waals surface area contributed by atoms with Gasteiger partial charge in [-0.1, -0.05) is 32.1 Å². The van der Waals surface area contributed by atoms with Crippen molar-refractivity contribution >= 4 is 67.1 Å². The van der Waals surface area contributed by atoms with E-state index in [0.29, 0.717) is 30.3 Å². The maximum atomic E-state index is 13.6. The molecule has 6 heterocycles. The molecule has 282 valence electrons. The number of hydrogen-bond donors (Lipinski definition) is 4. The zero-order valence-corrected chi connectivity index (χ0v) is 32.4. The summed E-state index contributed by atoms with van der Waals surface area (Å²) in [5.74, 6) is 0.744. The summed E-state index contributed by atoms with van der Waals surface area (Å²) in [6, 6.07) is 4.74. The van der Waals surface area contributed by atoms with E-state index >= 15 is 0 Å². The second-order valence-electron chi connectivity index (χ2n) is 13.9. The lowest BCUT2D eigenvalue weighted by atomic mass is 10.0. The molecule has 4 amide bonds. The third-order valence-electron chi connectivity index (χ3n) is 9.85. The number of ether oxygens (including phenoxy) is 2. The molecule has 2 aliphatic heterocycles. The Kier molecular flexibility index (Phi) is 10.3. The monoisotopic (exact) mass is 770 g/mol. The van der Waals surface area contributed by atoms with Crippen molar-refractivity contribution in [3.63, 3.8) is 0 Å². The fraction of sp³-hybridized carbons (Fsp3) is 0.368. The molecule has 7 rings (SSSR count). The van der Waals surface area contributed by atoms with Crippen LogP contribution in [0.5, 0.6) is 0 Å². The van der Waals surface area contributed by atoms with E-state index < -0.39 is 24.3 Å². The van der Waals surface area contributed by atoms with Crippen LogP contribution in [0.4, 0.5) is 9.59 Å². The zero-order valence-electron chi connectivity index (χ0n) is 30.8. The van der Waals surface area contributed by atoms with Crippen LogP contribution in [0.25, 0.3) is 42.8 Å². The van der Waals surface area contributed by atoms with Gasteiger partial charge in [-0.25, -0.2) is 19.6 Å². The molecule has 4 aromatic heterocycles. The number of amides is 4. The lowest BCUT2D eigenvalue weighted by Gasteiger charge is -2.29. The van der Waals surface area contributed by atoms with Gasteiger partial charge in [-0.3, -0.25) is 14.9 Å². The van der Waals surface area contributed by atoms with E-state index in [1.165, 1.54) is 14.2 Å². The van der Waals surface area contributed by atoms with Crippen LogP contribution in [0, 0.1) is 5.92 Å². The minimum Gasteiger partial charge on any atom is -0.453 e. The summed E-state index contributed by atoms with van der Waals surface area (Å²) >= 11 is 3.33. The summed E-state index contributed by atoms with van der Waals surface area (Å²) in [7, 11) is 2.55. The Morgan fingerprint density at radius 2 is 1.70 bits per heavy atom. The van der Waals surface area contributed by atoms with Gasteiger partial charge < -0.3 is 34.6 Å². The summed E-state index contributed by atoms with van der Waals surface area (Å²) in [4.78, 5) is 71.1. The second-order valence-corrected chi connectivity index (χ2v) is 15.6. The van der Waals surface area contributed by atoms with Gasteiger partial charge in [-0.15, -0.1) is 22.7 Å². The highest BCUT2D eigenvalue weighted by molar-refractivity contribution is 7.27. The van der Waals surface area contributed by atoms with Gasteiger partial charge in [0.15, 0.2) is 0 Å². The van der Waals surface area contributed by atoms with Crippen molar-refractivity contribution < 1.29 is 28.7 Å². The number of fused-ring (bicyclic) bond motifs is 2. The molecule has 2 unspecified atom stereocenters. The van der Waals surface area contributed by atoms with Gasteiger partial charge in [0.25, 0.3) is 5.91 Å². The van der Waals surface area contributed by atoms with Crippen LogP contribution in [-0.2, 0) is 19.1 Å². The van der Waals surface area contributed by atoms with E-state index in [-0.39, 0.29) is 29.5 Å². The smallest absolute Gasteiger partial charge is 0.411 e. The topological polar surface area (TPSA) is 175 Å². The molecule has 5 aromatic rings. The number of methoxy groups -OCH3 is 2. The molecular formula is C38H42N8O6S2. The predicted octanol–water partition coefficient (Wildman–Crippen LogP) is 7.03. The molecular weight excluding hydrogens is 729 g/mol. The Morgan fingerprint density at radius 3 is 2.43 bits per heavy atom. The molecule has 1 aromatic carbocycles. The van der Waals surface area contributed by atoms with E-state index in [9.17, 15) is 19.2 Å². The molecule has 54 heavy (non-hydrogen) atoms. The number of imidazole rings is 2. The van der Waals surface area contributed by atoms with Crippen LogP contribution in [0.2, 0.25) is 0 Å². The maximum absolute atomic E-state index is 13.6. The number of nitrogens with zero attached hydrogens (tertiary/aromatic N) is 4. The van der Waals surface area contributed by atoms with Gasteiger partial charge in [0, 0.05) is 35.0 Å². The summed E-state index contributed by atoms with van der Waals surface area (Å²) in [6.45, 7) is 8.29. The third-order valence-corrected chi connectivity index (χ3v) is 12.0. The normalized spacial score (nSPS) is 17.4. The number of thiophene rings is 2. The van der Waals surface area contributed by atoms with Gasteiger partial charge in [0.2, 0.25) is 5.91 Å². The van der Waals surface area contributed by atoms with Crippen molar-refractivity contribution in [2.75, 3.05) is 27.3 Å². The molecule has 1 saturated heterocycles. The molecule has 0 bridgehead atoms. The molecule has 4 N–H and O–H groups in total. The van der Waals surface area contributed by atoms with Crippen LogP contribution >= 0.6 is 22.7 Å². The average Bonchev–Trinajstić information content (AvgIpc) is 4.00. The number of benzene rings is 1. The molecule has 0 radical (unpaired) electrons. The third kappa shape index (κ3) is 6.86. The van der Waals surface area contributed by atoms with Crippen molar-refractivity contribution in [1.29, 1.82) is 0 Å². The minimum atomic E-state index is -0.736. The quantitative estimate of drug-likeness (QED) is 0.0913. The minimum absolute atomic E-state index is 0.140. The number of alkyl carbamates (subject to hydrolysis) is 2. The van der Waals surface area contributed by atoms with E-state index in [4.69, 9.17) is 19.4 Å². The Balaban J connectivity index is 1.11. The number of hydrogen-bond acceptors (Lipinski definition) is 10. The van der Waals surface area contributed by atoms with Crippen molar-refractivity contribution in [3.05, 3.63) is 70.2 Å². The average molecular weight is 771 g/mol. The predicted molar refractivity (Wildman–Crippen MR) is 208 cm³/mol. The molecule has 0 spiro atoms. The highest BCUT2D eigenvalue weighted by Crippen LogP contribution is 2.44. The highest BCUT2D eigenvalue weighted by Gasteiger charge is 2.36. The Hall–Kier alpha value is -5.48. The Bertz CT molecular complexity index is 2310. The number of allylic oxidation sites excluding steroid dienone is 1. The first-order valence-corrected chi connectivity index (χ1v) is 19.4. The largest absolute Gasteiger partial charge is 0.453 e. The van der Waals surface area contributed by atoms with Gasteiger partial charge >= 0.3 is 12.2 Å². The van der Waals surface area contributed by atoms with Gasteiger partial charge in [-0.05, 0) is 55.9 Å². The number of likely N-dealkylation sites (tertiary alicyclic amines) is 1. The first kappa shape index (κ1) is 36.9. The highest BCUT2D eigenvalue weighted by atomic mass is 32.1. The second kappa shape index (κ2) is 15.1. The van der Waals surface area contributed by atoms with Crippen LogP contribution in [-0.4, -0.2) is 87.1 Å². The van der Waals surface area contributed by atoms with Crippen molar-refractivity contribution in [1.82, 2.24) is 40.4 Å². The van der Waals surface area contributed by atoms with Gasteiger partial charge in [-0.2, -0.15) is 0 Å². The first-order valence-electron chi connectivity index (χ1n) is 17.7. The molecule has 16 heteroatoms. The maximum Gasteiger partial charge on any atom is 0.411 e. The SMILES string of the molecule is COC(=O)NC(C(=O)N1CCCC1c1ncc(-c2csc3c(-c4ccc5nc(C6C=CCN6C(=O)[C@@H](NC(=O)OC)C(C)C)[nH]c5c4)csc23)[nH]1)=C(C)C. The molecule has 14 nitrogen and oxygen atoms in total. The summed E-state index contributed by atoms with van der Waals surface area (Å²) in [6.07, 6.45) is 5.95. The number of rotatable bonds is 9. The first-order chi connectivity index (χ1) is 26.0. The fourth-order valence-corrected chi connectivity index (χ4v) is 9.48. The van der Waals surface area contributed by atoms with Crippen molar-refractivity contribution in [2.45, 2.75) is 58.7 Å². The van der Waals surface area contributed by atoms with E-state index in [1.54, 1.807) is 46.3 Å². The van der Waals surface area contributed by atoms with E-state index in [1.807, 2.05) is 38.3 Å². The molecule has 1 fully saturated rings. The number of nitrogens with one attached hydrogen (secondary N) is 4. The van der Waals surface area contributed by atoms with E-state index in [2.05, 4.69) is 43.5 Å². The Morgan fingerprint density at radius 1 is 0.963 bits per heavy atom. The van der Waals surface area contributed by atoms with Crippen LogP contribution < -0.4 is 10.6 Å². The van der Waals surface area contributed by atoms with Crippen LogP contribution in [0.15, 0.2) is 58.6 Å². The number of carbonyl (C=O) groups excluding carboxylic acids is 4. The van der Waals surface area contributed by atoms with Crippen LogP contribution in [0.1, 0.15) is 64.3 Å². The summed E-state index contributed by atoms with van der Waals surface area (Å²) < 4.78 is 11.8. The number of aromatic amines is 2. The van der Waals surface area contributed by atoms with Crippen molar-refractivity contribution in [3.8, 4) is 22.4 Å². The van der Waals surface area contributed by atoms with Crippen molar-refractivity contribution in [2.24, 2.45) is 5.92 Å². The standard InChI is InChI=1S/C38H42N8O6S2/c1-19(2)29(43-37(49)51-5)35(47)45-13-7-9-27(45)33-39-16-26(42-33)23-18-54-31-22(17-53-32(23)31)21-11-12-24-25(15-21)41-34(40-24)28-10-8-14-46(28)36(48)30(20(3)4)44-38(50)52-6/h8,10-12,15-18,20,27-28,30H,7,9,13-14H2,1-6H3,(H,39,42)(H,40,41)(H,43,49)(H,44,50)/t27?,28?,30-/m0/s1. The van der Waals surface area contributed by atoms with Gasteiger partial charge in [0.05, 0.1) is 52.6 Å². The molecule has 2 aliphatic rings. The molecule has 0 saturated carbocycles.